The number of carbonyl (C=O) groups is 1. The van der Waals surface area contributed by atoms with Crippen LogP contribution in [-0.2, 0) is 16.1 Å². The van der Waals surface area contributed by atoms with Gasteiger partial charge in [0.15, 0.2) is 5.76 Å². The topological polar surface area (TPSA) is 67.9 Å². The Kier molecular flexibility index (Phi) is 7.00. The maximum absolute atomic E-state index is 12.8. The molecule has 1 aromatic heterocycles. The summed E-state index contributed by atoms with van der Waals surface area (Å²) in [4.78, 5) is 12.8. The molecule has 0 saturated carbocycles. The molecule has 0 unspecified atom stereocenters. The van der Waals surface area contributed by atoms with E-state index in [2.05, 4.69) is 30.8 Å². The van der Waals surface area contributed by atoms with Crippen LogP contribution >= 0.6 is 11.6 Å². The van der Waals surface area contributed by atoms with Crippen LogP contribution in [-0.4, -0.2) is 23.8 Å². The van der Waals surface area contributed by atoms with Crippen molar-refractivity contribution in [3.63, 3.8) is 0 Å². The van der Waals surface area contributed by atoms with Crippen LogP contribution in [0.4, 0.5) is 0 Å². The Balaban J connectivity index is 2.77. The van der Waals surface area contributed by atoms with Crippen LogP contribution in [0.25, 0.3) is 11.3 Å². The maximum Gasteiger partial charge on any atom is 0.316 e. The summed E-state index contributed by atoms with van der Waals surface area (Å²) in [7, 11) is -1.48. The van der Waals surface area contributed by atoms with Gasteiger partial charge in [0.2, 0.25) is 0 Å². The van der Waals surface area contributed by atoms with Crippen molar-refractivity contribution < 1.29 is 9.53 Å². The third-order valence-corrected chi connectivity index (χ3v) is 7.27. The van der Waals surface area contributed by atoms with Gasteiger partial charge in [0.1, 0.15) is 17.3 Å². The van der Waals surface area contributed by atoms with Gasteiger partial charge in [0.25, 0.3) is 0 Å². The van der Waals surface area contributed by atoms with Gasteiger partial charge < -0.3 is 4.74 Å². The van der Waals surface area contributed by atoms with Crippen molar-refractivity contribution in [2.45, 2.75) is 60.8 Å². The normalized spacial score (nSPS) is 12.9. The Morgan fingerprint density at radius 1 is 1.23 bits per heavy atom. The summed E-state index contributed by atoms with van der Waals surface area (Å²) >= 11 is 6.55. The molecule has 0 spiro atoms. The lowest BCUT2D eigenvalue weighted by Gasteiger charge is -2.20. The van der Waals surface area contributed by atoms with Gasteiger partial charge in [-0.3, -0.25) is 9.48 Å². The highest BCUT2D eigenvalue weighted by Crippen LogP contribution is 2.35. The number of esters is 1. The molecule has 1 aromatic carbocycles. The maximum atomic E-state index is 12.8. The highest BCUT2D eigenvalue weighted by molar-refractivity contribution is 6.88. The molecule has 160 valence electrons. The van der Waals surface area contributed by atoms with Crippen molar-refractivity contribution in [2.24, 2.45) is 5.41 Å². The predicted molar refractivity (Wildman–Crippen MR) is 125 cm³/mol. The molecule has 0 aliphatic heterocycles. The molecule has 2 aromatic rings. The molecule has 30 heavy (non-hydrogen) atoms. The van der Waals surface area contributed by atoms with Crippen molar-refractivity contribution in [3.05, 3.63) is 46.2 Å². The summed E-state index contributed by atoms with van der Waals surface area (Å²) in [5.41, 5.74) is 1.25. The Hall–Kier alpha value is -2.36. The number of halogens is 1. The van der Waals surface area contributed by atoms with E-state index in [4.69, 9.17) is 16.3 Å². The summed E-state index contributed by atoms with van der Waals surface area (Å²) in [6.45, 7) is 16.3. The minimum atomic E-state index is -1.48. The molecule has 5 nitrogen and oxygen atoms in total. The number of ether oxygens (including phenoxy) is 1. The van der Waals surface area contributed by atoms with Crippen LogP contribution in [0.3, 0.4) is 0 Å². The molecule has 0 aliphatic carbocycles. The fraction of sp³-hybridized carbons (Fsp3) is 0.435. The van der Waals surface area contributed by atoms with Gasteiger partial charge in [-0.2, -0.15) is 10.4 Å². The van der Waals surface area contributed by atoms with Crippen molar-refractivity contribution in [2.75, 3.05) is 0 Å². The smallest absolute Gasteiger partial charge is 0.316 e. The zero-order valence-electron chi connectivity index (χ0n) is 19.1. The first kappa shape index (κ1) is 23.9. The fourth-order valence-electron chi connectivity index (χ4n) is 2.85. The molecule has 0 N–H and O–H groups in total. The van der Waals surface area contributed by atoms with Gasteiger partial charge in [-0.05, 0) is 40.2 Å². The molecule has 0 aliphatic rings. The molecule has 0 bridgehead atoms. The molecule has 1 heterocycles. The third kappa shape index (κ3) is 5.03. The Labute approximate surface area is 185 Å². The SMILES string of the molecule is CCn1nc(C)c(Cl)c1/C(OC(=O)C(C)(C)C)=C(/C#N)c1ccc([Si](C)(C)C)cc1. The van der Waals surface area contributed by atoms with Gasteiger partial charge in [-0.1, -0.05) is 60.7 Å². The standard InChI is InChI=1S/C23H30ClN3O2Si/c1-9-27-20(19(24)15(2)26-27)21(29-22(28)23(3,4)5)18(14-25)16-10-12-17(13-11-16)30(6,7)8/h10-13H,9H2,1-8H3/b21-18+. The molecule has 0 saturated heterocycles. The van der Waals surface area contributed by atoms with E-state index in [0.29, 0.717) is 28.5 Å². The van der Waals surface area contributed by atoms with E-state index in [0.717, 1.165) is 0 Å². The second-order valence-electron chi connectivity index (χ2n) is 9.35. The number of aryl methyl sites for hydroxylation is 2. The van der Waals surface area contributed by atoms with Crippen molar-refractivity contribution >= 4 is 42.2 Å². The van der Waals surface area contributed by atoms with Gasteiger partial charge in [-0.15, -0.1) is 0 Å². The molecular formula is C23H30ClN3O2Si. The van der Waals surface area contributed by atoms with Crippen LogP contribution in [0, 0.1) is 23.7 Å². The van der Waals surface area contributed by atoms with Gasteiger partial charge >= 0.3 is 5.97 Å². The lowest BCUT2D eigenvalue weighted by Crippen LogP contribution is -2.37. The Bertz CT molecular complexity index is 1020. The minimum Gasteiger partial charge on any atom is -0.422 e. The van der Waals surface area contributed by atoms with Gasteiger partial charge in [0, 0.05) is 6.54 Å². The second-order valence-corrected chi connectivity index (χ2v) is 14.8. The van der Waals surface area contributed by atoms with E-state index in [9.17, 15) is 10.1 Å². The Morgan fingerprint density at radius 2 is 1.80 bits per heavy atom. The second kappa shape index (κ2) is 8.79. The summed E-state index contributed by atoms with van der Waals surface area (Å²) in [6.07, 6.45) is 0. The van der Waals surface area contributed by atoms with Gasteiger partial charge in [0.05, 0.1) is 24.2 Å². The average Bonchev–Trinajstić information content (AvgIpc) is 2.94. The number of carbonyl (C=O) groups excluding carboxylic acids is 1. The van der Waals surface area contributed by atoms with E-state index in [1.54, 1.807) is 32.4 Å². The molecule has 2 rings (SSSR count). The van der Waals surface area contributed by atoms with E-state index in [1.165, 1.54) is 5.19 Å². The number of aromatic nitrogens is 2. The van der Waals surface area contributed by atoms with E-state index in [-0.39, 0.29) is 11.3 Å². The van der Waals surface area contributed by atoms with Crippen LogP contribution in [0.2, 0.25) is 24.7 Å². The highest BCUT2D eigenvalue weighted by Gasteiger charge is 2.30. The molecule has 0 atom stereocenters. The molecule has 0 amide bonds. The van der Waals surface area contributed by atoms with Crippen molar-refractivity contribution in [3.8, 4) is 6.07 Å². The molecule has 0 radical (unpaired) electrons. The van der Waals surface area contributed by atoms with E-state index >= 15 is 0 Å². The number of benzene rings is 1. The Morgan fingerprint density at radius 3 is 2.23 bits per heavy atom. The van der Waals surface area contributed by atoms with E-state index < -0.39 is 19.5 Å². The first-order chi connectivity index (χ1) is 13.8. The summed E-state index contributed by atoms with van der Waals surface area (Å²) < 4.78 is 7.49. The third-order valence-electron chi connectivity index (χ3n) is 4.75. The van der Waals surface area contributed by atoms with Crippen molar-refractivity contribution in [1.29, 1.82) is 5.26 Å². The van der Waals surface area contributed by atoms with Crippen LogP contribution in [0.5, 0.6) is 0 Å². The summed E-state index contributed by atoms with van der Waals surface area (Å²) in [6, 6.07) is 10.1. The lowest BCUT2D eigenvalue weighted by atomic mass is 9.97. The summed E-state index contributed by atoms with van der Waals surface area (Å²) in [5, 5.41) is 16.1. The number of nitriles is 1. The first-order valence-electron chi connectivity index (χ1n) is 10.0. The monoisotopic (exact) mass is 443 g/mol. The zero-order chi connectivity index (χ0) is 22.9. The van der Waals surface area contributed by atoms with E-state index in [1.807, 2.05) is 31.2 Å². The zero-order valence-corrected chi connectivity index (χ0v) is 20.8. The molecule has 7 heteroatoms. The first-order valence-corrected chi connectivity index (χ1v) is 13.9. The van der Waals surface area contributed by atoms with Crippen molar-refractivity contribution in [1.82, 2.24) is 9.78 Å². The van der Waals surface area contributed by atoms with Gasteiger partial charge in [-0.25, -0.2) is 0 Å². The van der Waals surface area contributed by atoms with Crippen LogP contribution < -0.4 is 5.19 Å². The highest BCUT2D eigenvalue weighted by atomic mass is 35.5. The quantitative estimate of drug-likeness (QED) is 0.269. The fourth-order valence-corrected chi connectivity index (χ4v) is 4.24. The number of allylic oxidation sites excluding steroid dienone is 1. The largest absolute Gasteiger partial charge is 0.422 e. The predicted octanol–water partition coefficient (Wildman–Crippen LogP) is 5.39. The number of hydrogen-bond acceptors (Lipinski definition) is 4. The lowest BCUT2D eigenvalue weighted by molar-refractivity contribution is -0.145. The van der Waals surface area contributed by atoms with Crippen LogP contribution in [0.1, 0.15) is 44.6 Å². The average molecular weight is 444 g/mol. The van der Waals surface area contributed by atoms with Crippen LogP contribution in [0.15, 0.2) is 24.3 Å². The molecular weight excluding hydrogens is 414 g/mol. The molecule has 0 fully saturated rings. The summed E-state index contributed by atoms with van der Waals surface area (Å²) in [5.74, 6) is -0.299. The minimum absolute atomic E-state index is 0.144. The number of rotatable bonds is 5. The number of nitrogens with zero attached hydrogens (tertiary/aromatic N) is 3. The number of hydrogen-bond donors (Lipinski definition) is 0.